The van der Waals surface area contributed by atoms with Gasteiger partial charge in [0.25, 0.3) is 10.0 Å². The van der Waals surface area contributed by atoms with Crippen LogP contribution in [-0.4, -0.2) is 29.5 Å². The molecule has 1 aliphatic carbocycles. The van der Waals surface area contributed by atoms with E-state index >= 15 is 0 Å². The highest BCUT2D eigenvalue weighted by atomic mass is 79.9. The number of hydrogen-bond acceptors (Lipinski definition) is 4. The first-order chi connectivity index (χ1) is 8.50. The normalized spacial score (nSPS) is 18.8. The molecule has 0 aliphatic heterocycles. The second kappa shape index (κ2) is 5.66. The number of halogens is 1. The Morgan fingerprint density at radius 3 is 2.39 bits per heavy atom. The maximum atomic E-state index is 12.3. The van der Waals surface area contributed by atoms with Crippen LogP contribution in [0.1, 0.15) is 38.5 Å². The van der Waals surface area contributed by atoms with E-state index in [0.717, 1.165) is 25.7 Å². The molecule has 0 bridgehead atoms. The maximum Gasteiger partial charge on any atom is 0.260 e. The third-order valence-corrected chi connectivity index (χ3v) is 5.58. The molecule has 1 aliphatic rings. The van der Waals surface area contributed by atoms with Crippen LogP contribution in [0.5, 0.6) is 0 Å². The fourth-order valence-electron chi connectivity index (χ4n) is 2.28. The van der Waals surface area contributed by atoms with Gasteiger partial charge in [-0.15, -0.1) is 5.10 Å². The number of aromatic nitrogens is 3. The number of rotatable bonds is 3. The van der Waals surface area contributed by atoms with Crippen molar-refractivity contribution in [3.05, 3.63) is 4.60 Å². The van der Waals surface area contributed by atoms with E-state index in [9.17, 15) is 8.42 Å². The lowest BCUT2D eigenvalue weighted by atomic mass is 10.1. The molecule has 1 N–H and O–H groups in total. The quantitative estimate of drug-likeness (QED) is 0.850. The van der Waals surface area contributed by atoms with E-state index in [1.54, 1.807) is 7.05 Å². The Kier molecular flexibility index (Phi) is 4.39. The number of nitrogens with one attached hydrogen (secondary N) is 1. The van der Waals surface area contributed by atoms with Crippen molar-refractivity contribution in [2.45, 2.75) is 49.6 Å². The van der Waals surface area contributed by atoms with Crippen LogP contribution in [0.2, 0.25) is 0 Å². The fourth-order valence-corrected chi connectivity index (χ4v) is 4.68. The minimum atomic E-state index is -3.55. The number of aryl methyl sites for hydroxylation is 1. The van der Waals surface area contributed by atoms with Gasteiger partial charge in [-0.25, -0.2) is 17.8 Å². The van der Waals surface area contributed by atoms with Crippen LogP contribution < -0.4 is 4.72 Å². The third kappa shape index (κ3) is 3.10. The average Bonchev–Trinajstić information content (AvgIpc) is 2.52. The lowest BCUT2D eigenvalue weighted by Crippen LogP contribution is -2.35. The SMILES string of the molecule is Cn1nnc(Br)c1S(=O)(=O)NC1CCCCCC1. The third-order valence-electron chi connectivity index (χ3n) is 3.17. The average molecular weight is 337 g/mol. The molecule has 18 heavy (non-hydrogen) atoms. The predicted octanol–water partition coefficient (Wildman–Crippen LogP) is 1.58. The van der Waals surface area contributed by atoms with Gasteiger partial charge in [0.2, 0.25) is 5.03 Å². The molecule has 0 atom stereocenters. The Morgan fingerprint density at radius 2 is 1.89 bits per heavy atom. The lowest BCUT2D eigenvalue weighted by Gasteiger charge is -2.16. The molecule has 0 radical (unpaired) electrons. The van der Waals surface area contributed by atoms with Crippen molar-refractivity contribution in [1.29, 1.82) is 0 Å². The smallest absolute Gasteiger partial charge is 0.235 e. The largest absolute Gasteiger partial charge is 0.260 e. The van der Waals surface area contributed by atoms with Crippen molar-refractivity contribution < 1.29 is 8.42 Å². The van der Waals surface area contributed by atoms with Gasteiger partial charge in [-0.05, 0) is 28.8 Å². The molecule has 1 aromatic rings. The van der Waals surface area contributed by atoms with Crippen molar-refractivity contribution in [2.24, 2.45) is 7.05 Å². The predicted molar refractivity (Wildman–Crippen MR) is 70.5 cm³/mol. The summed E-state index contributed by atoms with van der Waals surface area (Å²) in [5, 5.41) is 7.49. The molecule has 8 heteroatoms. The molecule has 1 fully saturated rings. The Balaban J connectivity index is 2.16. The van der Waals surface area contributed by atoms with Gasteiger partial charge >= 0.3 is 0 Å². The minimum Gasteiger partial charge on any atom is -0.235 e. The van der Waals surface area contributed by atoms with Crippen LogP contribution >= 0.6 is 15.9 Å². The molecule has 1 heterocycles. The van der Waals surface area contributed by atoms with Crippen LogP contribution in [-0.2, 0) is 17.1 Å². The summed E-state index contributed by atoms with van der Waals surface area (Å²) in [5.41, 5.74) is 0. The van der Waals surface area contributed by atoms with Crippen LogP contribution in [0, 0.1) is 0 Å². The zero-order chi connectivity index (χ0) is 13.2. The Hall–Kier alpha value is -0.470. The van der Waals surface area contributed by atoms with Crippen molar-refractivity contribution in [3.8, 4) is 0 Å². The monoisotopic (exact) mass is 336 g/mol. The zero-order valence-corrected chi connectivity index (χ0v) is 12.7. The summed E-state index contributed by atoms with van der Waals surface area (Å²) in [6.07, 6.45) is 6.35. The van der Waals surface area contributed by atoms with Crippen molar-refractivity contribution >= 4 is 26.0 Å². The van der Waals surface area contributed by atoms with E-state index < -0.39 is 10.0 Å². The van der Waals surface area contributed by atoms with Crippen molar-refractivity contribution in [1.82, 2.24) is 19.7 Å². The van der Waals surface area contributed by atoms with Crippen molar-refractivity contribution in [3.63, 3.8) is 0 Å². The number of hydrogen-bond donors (Lipinski definition) is 1. The standard InChI is InChI=1S/C10H17BrN4O2S/c1-15-10(9(11)12-14-15)18(16,17)13-8-6-4-2-3-5-7-8/h8,13H,2-7H2,1H3. The molecular formula is C10H17BrN4O2S. The molecule has 102 valence electrons. The maximum absolute atomic E-state index is 12.3. The molecule has 6 nitrogen and oxygen atoms in total. The van der Waals surface area contributed by atoms with Gasteiger partial charge in [0.15, 0.2) is 4.60 Å². The zero-order valence-electron chi connectivity index (χ0n) is 10.3. The second-order valence-corrected chi connectivity index (χ2v) is 7.00. The molecular weight excluding hydrogens is 320 g/mol. The number of sulfonamides is 1. The van der Waals surface area contributed by atoms with Gasteiger partial charge < -0.3 is 0 Å². The molecule has 0 saturated heterocycles. The van der Waals surface area contributed by atoms with Crippen molar-refractivity contribution in [2.75, 3.05) is 0 Å². The lowest BCUT2D eigenvalue weighted by molar-refractivity contribution is 0.502. The van der Waals surface area contributed by atoms with Gasteiger partial charge in [-0.2, -0.15) is 0 Å². The topological polar surface area (TPSA) is 76.9 Å². The van der Waals surface area contributed by atoms with Crippen LogP contribution in [0.15, 0.2) is 9.63 Å². The van der Waals surface area contributed by atoms with Crippen LogP contribution in [0.3, 0.4) is 0 Å². The first-order valence-corrected chi connectivity index (χ1v) is 8.36. The summed E-state index contributed by atoms with van der Waals surface area (Å²) in [4.78, 5) is 0. The summed E-state index contributed by atoms with van der Waals surface area (Å²) in [6.45, 7) is 0. The van der Waals surface area contributed by atoms with Crippen LogP contribution in [0.4, 0.5) is 0 Å². The Bertz CT molecular complexity index is 486. The summed E-state index contributed by atoms with van der Waals surface area (Å²) < 4.78 is 28.8. The van der Waals surface area contributed by atoms with Gasteiger partial charge in [-0.3, -0.25) is 0 Å². The van der Waals surface area contributed by atoms with E-state index in [0.29, 0.717) is 0 Å². The van der Waals surface area contributed by atoms with E-state index in [1.807, 2.05) is 0 Å². The Labute approximate surface area is 115 Å². The summed E-state index contributed by atoms with van der Waals surface area (Å²) in [6, 6.07) is 0.0271. The van der Waals surface area contributed by atoms with Gasteiger partial charge in [0.1, 0.15) is 0 Å². The minimum absolute atomic E-state index is 0.0271. The van der Waals surface area contributed by atoms with Gasteiger partial charge in [0, 0.05) is 13.1 Å². The molecule has 1 aromatic heterocycles. The second-order valence-electron chi connectivity index (χ2n) is 4.62. The Morgan fingerprint density at radius 1 is 1.28 bits per heavy atom. The molecule has 0 unspecified atom stereocenters. The highest BCUT2D eigenvalue weighted by molar-refractivity contribution is 9.10. The fraction of sp³-hybridized carbons (Fsp3) is 0.800. The van der Waals surface area contributed by atoms with E-state index in [4.69, 9.17) is 0 Å². The number of nitrogens with zero attached hydrogens (tertiary/aromatic N) is 3. The molecule has 0 aromatic carbocycles. The highest BCUT2D eigenvalue weighted by Crippen LogP contribution is 2.22. The first-order valence-electron chi connectivity index (χ1n) is 6.08. The van der Waals surface area contributed by atoms with E-state index in [2.05, 4.69) is 31.0 Å². The van der Waals surface area contributed by atoms with Crippen LogP contribution in [0.25, 0.3) is 0 Å². The van der Waals surface area contributed by atoms with Gasteiger partial charge in [0.05, 0.1) is 0 Å². The summed E-state index contributed by atoms with van der Waals surface area (Å²) in [5.74, 6) is 0. The highest BCUT2D eigenvalue weighted by Gasteiger charge is 2.27. The van der Waals surface area contributed by atoms with Gasteiger partial charge in [-0.1, -0.05) is 30.9 Å². The summed E-state index contributed by atoms with van der Waals surface area (Å²) in [7, 11) is -1.98. The molecule has 2 rings (SSSR count). The molecule has 0 spiro atoms. The first kappa shape index (κ1) is 14.0. The molecule has 0 amide bonds. The summed E-state index contributed by atoms with van der Waals surface area (Å²) >= 11 is 3.12. The van der Waals surface area contributed by atoms with E-state index in [-0.39, 0.29) is 15.7 Å². The molecule has 1 saturated carbocycles. The van der Waals surface area contributed by atoms with E-state index in [1.165, 1.54) is 17.5 Å².